The van der Waals surface area contributed by atoms with Crippen molar-refractivity contribution in [1.29, 1.82) is 5.26 Å². The summed E-state index contributed by atoms with van der Waals surface area (Å²) in [6, 6.07) is 1.79. The summed E-state index contributed by atoms with van der Waals surface area (Å²) < 4.78 is 5.06. The lowest BCUT2D eigenvalue weighted by atomic mass is 10.2. The Bertz CT molecular complexity index is 523. The lowest BCUT2D eigenvalue weighted by Gasteiger charge is -2.12. The Morgan fingerprint density at radius 2 is 1.68 bits per heavy atom. The number of esters is 1. The fourth-order valence-corrected chi connectivity index (χ4v) is 2.28. The van der Waals surface area contributed by atoms with Crippen LogP contribution in [0, 0.1) is 11.3 Å². The highest BCUT2D eigenvalue weighted by Gasteiger charge is 2.23. The van der Waals surface area contributed by atoms with Gasteiger partial charge in [0, 0.05) is 6.42 Å². The monoisotopic (exact) mass is 339 g/mol. The quantitative estimate of drug-likeness (QED) is 0.426. The summed E-state index contributed by atoms with van der Waals surface area (Å²) in [6.07, 6.45) is 1.77. The molecule has 0 aliphatic rings. The third-order valence-electron chi connectivity index (χ3n) is 2.29. The van der Waals surface area contributed by atoms with Gasteiger partial charge in [-0.3, -0.25) is 4.79 Å². The van der Waals surface area contributed by atoms with Crippen LogP contribution in [-0.4, -0.2) is 5.97 Å². The number of unbranched alkanes of at least 4 members (excludes halogenated alkanes) is 1. The van der Waals surface area contributed by atoms with E-state index < -0.39 is 5.97 Å². The van der Waals surface area contributed by atoms with Gasteiger partial charge in [0.2, 0.25) is 0 Å². The number of nitrogens with zero attached hydrogens (tertiary/aromatic N) is 1. The largest absolute Gasteiger partial charge is 0.423 e. The Kier molecular flexibility index (Phi) is 6.22. The first-order valence-corrected chi connectivity index (χ1v) is 6.91. The van der Waals surface area contributed by atoms with Crippen molar-refractivity contribution >= 4 is 52.4 Å². The lowest BCUT2D eigenvalue weighted by Crippen LogP contribution is -2.08. The standard InChI is InChI=1S/C12H9Cl4NO2/c1-2-3-4-7(18)19-12-10(15)8(13)6(5-17)9(14)11(12)16/h2-4H2,1H3. The average Bonchev–Trinajstić information content (AvgIpc) is 2.40. The van der Waals surface area contributed by atoms with E-state index in [1.54, 1.807) is 6.07 Å². The van der Waals surface area contributed by atoms with Gasteiger partial charge < -0.3 is 4.74 Å². The molecule has 1 aromatic carbocycles. The van der Waals surface area contributed by atoms with E-state index in [0.717, 1.165) is 6.42 Å². The number of ether oxygens (including phenoxy) is 1. The molecule has 1 aromatic rings. The molecule has 7 heteroatoms. The number of nitriles is 1. The Balaban J connectivity index is 3.16. The molecule has 0 aliphatic heterocycles. The molecule has 0 heterocycles. The normalized spacial score (nSPS) is 10.1. The first kappa shape index (κ1) is 16.4. The molecule has 19 heavy (non-hydrogen) atoms. The first-order valence-electron chi connectivity index (χ1n) is 5.40. The molecule has 0 fully saturated rings. The molecule has 0 amide bonds. The highest BCUT2D eigenvalue weighted by Crippen LogP contribution is 2.45. The Morgan fingerprint density at radius 3 is 2.11 bits per heavy atom. The summed E-state index contributed by atoms with van der Waals surface area (Å²) in [6.45, 7) is 1.95. The second-order valence-electron chi connectivity index (χ2n) is 3.65. The van der Waals surface area contributed by atoms with Crippen molar-refractivity contribution < 1.29 is 9.53 Å². The molecular weight excluding hydrogens is 332 g/mol. The summed E-state index contributed by atoms with van der Waals surface area (Å²) in [5.74, 6) is -0.596. The maximum absolute atomic E-state index is 11.6. The number of hydrogen-bond acceptors (Lipinski definition) is 3. The minimum Gasteiger partial charge on any atom is -0.423 e. The molecule has 0 radical (unpaired) electrons. The zero-order valence-electron chi connectivity index (χ0n) is 9.90. The number of rotatable bonds is 4. The molecule has 102 valence electrons. The second kappa shape index (κ2) is 7.21. The van der Waals surface area contributed by atoms with Crippen molar-refractivity contribution in [3.05, 3.63) is 25.7 Å². The van der Waals surface area contributed by atoms with Crippen LogP contribution in [0.1, 0.15) is 31.7 Å². The Labute approximate surface area is 131 Å². The van der Waals surface area contributed by atoms with E-state index in [1.165, 1.54) is 0 Å². The van der Waals surface area contributed by atoms with Gasteiger partial charge in [-0.1, -0.05) is 59.7 Å². The van der Waals surface area contributed by atoms with Gasteiger partial charge in [0.15, 0.2) is 5.75 Å². The van der Waals surface area contributed by atoms with E-state index in [2.05, 4.69) is 0 Å². The fraction of sp³-hybridized carbons (Fsp3) is 0.333. The van der Waals surface area contributed by atoms with Gasteiger partial charge >= 0.3 is 5.97 Å². The van der Waals surface area contributed by atoms with Crippen LogP contribution in [0.25, 0.3) is 0 Å². The lowest BCUT2D eigenvalue weighted by molar-refractivity contribution is -0.134. The van der Waals surface area contributed by atoms with E-state index in [0.29, 0.717) is 6.42 Å². The predicted octanol–water partition coefficient (Wildman–Crippen LogP) is 5.27. The summed E-state index contributed by atoms with van der Waals surface area (Å²) in [4.78, 5) is 11.6. The number of halogens is 4. The molecule has 0 saturated heterocycles. The Morgan fingerprint density at radius 1 is 1.16 bits per heavy atom. The zero-order chi connectivity index (χ0) is 14.6. The van der Waals surface area contributed by atoms with Gasteiger partial charge in [0.05, 0.1) is 15.6 Å². The fourth-order valence-electron chi connectivity index (χ4n) is 1.29. The number of carbonyl (C=O) groups is 1. The highest BCUT2D eigenvalue weighted by molar-refractivity contribution is 6.50. The van der Waals surface area contributed by atoms with E-state index in [9.17, 15) is 4.79 Å². The minimum absolute atomic E-state index is 0.0494. The van der Waals surface area contributed by atoms with Gasteiger partial charge in [-0.25, -0.2) is 0 Å². The van der Waals surface area contributed by atoms with E-state index in [4.69, 9.17) is 56.4 Å². The Hall–Kier alpha value is -0.660. The smallest absolute Gasteiger partial charge is 0.311 e. The van der Waals surface area contributed by atoms with Crippen LogP contribution < -0.4 is 4.74 Å². The van der Waals surface area contributed by atoms with E-state index in [-0.39, 0.29) is 37.8 Å². The van der Waals surface area contributed by atoms with Crippen molar-refractivity contribution in [1.82, 2.24) is 0 Å². The highest BCUT2D eigenvalue weighted by atomic mass is 35.5. The van der Waals surface area contributed by atoms with Crippen LogP contribution in [0.15, 0.2) is 0 Å². The SMILES string of the molecule is CCCCC(=O)Oc1c(Cl)c(Cl)c(C#N)c(Cl)c1Cl. The van der Waals surface area contributed by atoms with Crippen molar-refractivity contribution in [2.75, 3.05) is 0 Å². The van der Waals surface area contributed by atoms with Gasteiger partial charge in [-0.15, -0.1) is 0 Å². The predicted molar refractivity (Wildman–Crippen MR) is 76.4 cm³/mol. The molecule has 0 aliphatic carbocycles. The second-order valence-corrected chi connectivity index (χ2v) is 5.16. The van der Waals surface area contributed by atoms with Gasteiger partial charge in [0.1, 0.15) is 16.1 Å². The average molecular weight is 341 g/mol. The molecular formula is C12H9Cl4NO2. The first-order chi connectivity index (χ1) is 8.93. The molecule has 3 nitrogen and oxygen atoms in total. The number of benzene rings is 1. The topological polar surface area (TPSA) is 50.1 Å². The van der Waals surface area contributed by atoms with Crippen molar-refractivity contribution in [2.24, 2.45) is 0 Å². The molecule has 0 N–H and O–H groups in total. The van der Waals surface area contributed by atoms with Crippen LogP contribution in [0.2, 0.25) is 20.1 Å². The third kappa shape index (κ3) is 3.67. The van der Waals surface area contributed by atoms with Crippen molar-refractivity contribution in [3.63, 3.8) is 0 Å². The van der Waals surface area contributed by atoms with Crippen LogP contribution >= 0.6 is 46.4 Å². The van der Waals surface area contributed by atoms with Gasteiger partial charge in [-0.05, 0) is 6.42 Å². The van der Waals surface area contributed by atoms with Crippen LogP contribution in [0.5, 0.6) is 5.75 Å². The maximum Gasteiger partial charge on any atom is 0.311 e. The van der Waals surface area contributed by atoms with Crippen molar-refractivity contribution in [3.8, 4) is 11.8 Å². The molecule has 0 unspecified atom stereocenters. The van der Waals surface area contributed by atoms with E-state index in [1.807, 2.05) is 6.92 Å². The van der Waals surface area contributed by atoms with Crippen LogP contribution in [0.4, 0.5) is 0 Å². The number of carbonyl (C=O) groups excluding carboxylic acids is 1. The maximum atomic E-state index is 11.6. The summed E-state index contributed by atoms with van der Waals surface area (Å²) >= 11 is 23.6. The number of hydrogen-bond donors (Lipinski definition) is 0. The molecule has 0 aromatic heterocycles. The molecule has 0 spiro atoms. The summed E-state index contributed by atoms with van der Waals surface area (Å²) in [7, 11) is 0. The van der Waals surface area contributed by atoms with Gasteiger partial charge in [0.25, 0.3) is 0 Å². The molecule has 1 rings (SSSR count). The summed E-state index contributed by atoms with van der Waals surface area (Å²) in [5, 5.41) is 8.52. The summed E-state index contributed by atoms with van der Waals surface area (Å²) in [5.41, 5.74) is -0.0494. The molecule has 0 atom stereocenters. The minimum atomic E-state index is -0.484. The van der Waals surface area contributed by atoms with Crippen molar-refractivity contribution in [2.45, 2.75) is 26.2 Å². The zero-order valence-corrected chi connectivity index (χ0v) is 12.9. The van der Waals surface area contributed by atoms with Crippen LogP contribution in [-0.2, 0) is 4.79 Å². The molecule has 0 bridgehead atoms. The molecule has 0 saturated carbocycles. The van der Waals surface area contributed by atoms with Gasteiger partial charge in [-0.2, -0.15) is 5.26 Å². The van der Waals surface area contributed by atoms with Crippen LogP contribution in [0.3, 0.4) is 0 Å². The van der Waals surface area contributed by atoms with E-state index >= 15 is 0 Å². The third-order valence-corrected chi connectivity index (χ3v) is 3.96.